The van der Waals surface area contributed by atoms with E-state index in [-0.39, 0.29) is 35.2 Å². The number of anilines is 1. The van der Waals surface area contributed by atoms with E-state index in [0.717, 1.165) is 30.5 Å². The fraction of sp³-hybridized carbons (Fsp3) is 0.619. The SMILES string of the molecule is CC[C@@H](C)NC(=O)[C@H]1CCCN(S(=O)(=O)c2ccc3c(c2)CCCN3C(C)=O)C1. The molecule has 2 heterocycles. The second-order valence-corrected chi connectivity index (χ2v) is 10.0. The Kier molecular flexibility index (Phi) is 6.63. The van der Waals surface area contributed by atoms with Gasteiger partial charge in [0.2, 0.25) is 21.8 Å². The van der Waals surface area contributed by atoms with Gasteiger partial charge < -0.3 is 10.2 Å². The Labute approximate surface area is 173 Å². The van der Waals surface area contributed by atoms with Crippen molar-refractivity contribution in [1.82, 2.24) is 9.62 Å². The Bertz CT molecular complexity index is 884. The third-order valence-electron chi connectivity index (χ3n) is 5.94. The molecule has 3 rings (SSSR count). The van der Waals surface area contributed by atoms with Crippen LogP contribution in [0.3, 0.4) is 0 Å². The molecule has 1 saturated heterocycles. The van der Waals surface area contributed by atoms with Crippen molar-refractivity contribution in [2.75, 3.05) is 24.5 Å². The second kappa shape index (κ2) is 8.83. The monoisotopic (exact) mass is 421 g/mol. The molecule has 1 fully saturated rings. The lowest BCUT2D eigenvalue weighted by Gasteiger charge is -2.33. The number of aryl methyl sites for hydroxylation is 1. The normalized spacial score (nSPS) is 21.3. The van der Waals surface area contributed by atoms with Crippen LogP contribution in [0.1, 0.15) is 52.0 Å². The third-order valence-corrected chi connectivity index (χ3v) is 7.80. The summed E-state index contributed by atoms with van der Waals surface area (Å²) in [6.07, 6.45) is 3.78. The Balaban J connectivity index is 1.80. The van der Waals surface area contributed by atoms with Crippen molar-refractivity contribution in [3.05, 3.63) is 23.8 Å². The predicted molar refractivity (Wildman–Crippen MR) is 112 cm³/mol. The van der Waals surface area contributed by atoms with Crippen LogP contribution in [0.25, 0.3) is 0 Å². The number of amides is 2. The van der Waals surface area contributed by atoms with Gasteiger partial charge in [-0.1, -0.05) is 6.92 Å². The average Bonchev–Trinajstić information content (AvgIpc) is 2.72. The van der Waals surface area contributed by atoms with Crippen molar-refractivity contribution in [1.29, 1.82) is 0 Å². The van der Waals surface area contributed by atoms with Crippen LogP contribution >= 0.6 is 0 Å². The average molecular weight is 422 g/mol. The molecule has 1 aromatic carbocycles. The Morgan fingerprint density at radius 2 is 2.00 bits per heavy atom. The van der Waals surface area contributed by atoms with Crippen LogP contribution in [0, 0.1) is 5.92 Å². The van der Waals surface area contributed by atoms with E-state index in [4.69, 9.17) is 0 Å². The summed E-state index contributed by atoms with van der Waals surface area (Å²) < 4.78 is 27.9. The van der Waals surface area contributed by atoms with Crippen molar-refractivity contribution < 1.29 is 18.0 Å². The van der Waals surface area contributed by atoms with E-state index in [9.17, 15) is 18.0 Å². The third kappa shape index (κ3) is 4.64. The van der Waals surface area contributed by atoms with Crippen LogP contribution in [-0.4, -0.2) is 50.2 Å². The van der Waals surface area contributed by atoms with Gasteiger partial charge in [-0.15, -0.1) is 0 Å². The van der Waals surface area contributed by atoms with Crippen LogP contribution in [0.2, 0.25) is 0 Å². The van der Waals surface area contributed by atoms with Crippen LogP contribution in [-0.2, 0) is 26.0 Å². The summed E-state index contributed by atoms with van der Waals surface area (Å²) in [6, 6.07) is 5.10. The van der Waals surface area contributed by atoms with Gasteiger partial charge in [0.05, 0.1) is 10.8 Å². The van der Waals surface area contributed by atoms with E-state index >= 15 is 0 Å². The molecule has 0 aliphatic carbocycles. The fourth-order valence-electron chi connectivity index (χ4n) is 4.05. The summed E-state index contributed by atoms with van der Waals surface area (Å²) in [7, 11) is -3.68. The maximum Gasteiger partial charge on any atom is 0.243 e. The van der Waals surface area contributed by atoms with Gasteiger partial charge in [-0.3, -0.25) is 9.59 Å². The molecule has 0 spiro atoms. The van der Waals surface area contributed by atoms with Gasteiger partial charge in [-0.2, -0.15) is 4.31 Å². The minimum Gasteiger partial charge on any atom is -0.353 e. The predicted octanol–water partition coefficient (Wildman–Crippen LogP) is 2.30. The van der Waals surface area contributed by atoms with Crippen molar-refractivity contribution >= 4 is 27.5 Å². The molecule has 0 unspecified atom stereocenters. The summed E-state index contributed by atoms with van der Waals surface area (Å²) in [4.78, 5) is 26.3. The lowest BCUT2D eigenvalue weighted by molar-refractivity contribution is -0.126. The topological polar surface area (TPSA) is 86.8 Å². The number of benzene rings is 1. The van der Waals surface area contributed by atoms with E-state index in [1.807, 2.05) is 13.8 Å². The van der Waals surface area contributed by atoms with E-state index in [1.54, 1.807) is 23.1 Å². The van der Waals surface area contributed by atoms with Gasteiger partial charge in [0.15, 0.2) is 0 Å². The molecule has 0 aromatic heterocycles. The maximum absolute atomic E-state index is 13.2. The number of fused-ring (bicyclic) bond motifs is 1. The molecule has 8 heteroatoms. The summed E-state index contributed by atoms with van der Waals surface area (Å²) in [5.74, 6) is -0.423. The van der Waals surface area contributed by atoms with Crippen LogP contribution < -0.4 is 10.2 Å². The lowest BCUT2D eigenvalue weighted by Crippen LogP contribution is -2.47. The van der Waals surface area contributed by atoms with Crippen molar-refractivity contribution in [3.8, 4) is 0 Å². The zero-order valence-electron chi connectivity index (χ0n) is 17.5. The summed E-state index contributed by atoms with van der Waals surface area (Å²) in [5, 5.41) is 2.97. The molecule has 0 radical (unpaired) electrons. The minimum absolute atomic E-state index is 0.0345. The highest BCUT2D eigenvalue weighted by Gasteiger charge is 2.34. The number of piperidine rings is 1. The maximum atomic E-state index is 13.2. The molecule has 2 aliphatic rings. The van der Waals surface area contributed by atoms with Gasteiger partial charge in [0.25, 0.3) is 0 Å². The smallest absolute Gasteiger partial charge is 0.243 e. The first-order valence-corrected chi connectivity index (χ1v) is 11.9. The highest BCUT2D eigenvalue weighted by molar-refractivity contribution is 7.89. The molecule has 0 bridgehead atoms. The summed E-state index contributed by atoms with van der Waals surface area (Å²) >= 11 is 0. The Hall–Kier alpha value is -1.93. The number of rotatable bonds is 5. The zero-order chi connectivity index (χ0) is 21.2. The van der Waals surface area contributed by atoms with Crippen LogP contribution in [0.15, 0.2) is 23.1 Å². The first kappa shape index (κ1) is 21.8. The number of hydrogen-bond acceptors (Lipinski definition) is 4. The first-order chi connectivity index (χ1) is 13.7. The second-order valence-electron chi connectivity index (χ2n) is 8.08. The molecule has 1 aromatic rings. The Morgan fingerprint density at radius 3 is 2.69 bits per heavy atom. The van der Waals surface area contributed by atoms with Crippen molar-refractivity contribution in [3.63, 3.8) is 0 Å². The number of carbonyl (C=O) groups is 2. The van der Waals surface area contributed by atoms with Gasteiger partial charge in [0, 0.05) is 38.3 Å². The molecule has 1 N–H and O–H groups in total. The number of nitrogens with one attached hydrogen (secondary N) is 1. The highest BCUT2D eigenvalue weighted by Crippen LogP contribution is 2.31. The minimum atomic E-state index is -3.68. The molecule has 2 amide bonds. The largest absolute Gasteiger partial charge is 0.353 e. The van der Waals surface area contributed by atoms with Gasteiger partial charge in [0.1, 0.15) is 0 Å². The van der Waals surface area contributed by atoms with E-state index in [2.05, 4.69) is 5.32 Å². The van der Waals surface area contributed by atoms with Crippen molar-refractivity contribution in [2.24, 2.45) is 5.92 Å². The van der Waals surface area contributed by atoms with E-state index in [0.29, 0.717) is 25.9 Å². The van der Waals surface area contributed by atoms with Crippen LogP contribution in [0.4, 0.5) is 5.69 Å². The number of sulfonamides is 1. The van der Waals surface area contributed by atoms with Crippen molar-refractivity contribution in [2.45, 2.75) is 63.8 Å². The number of hydrogen-bond donors (Lipinski definition) is 1. The number of nitrogens with zero attached hydrogens (tertiary/aromatic N) is 2. The molecule has 2 atom stereocenters. The molecule has 29 heavy (non-hydrogen) atoms. The van der Waals surface area contributed by atoms with E-state index in [1.165, 1.54) is 11.2 Å². The molecular weight excluding hydrogens is 390 g/mol. The first-order valence-electron chi connectivity index (χ1n) is 10.5. The Morgan fingerprint density at radius 1 is 1.24 bits per heavy atom. The van der Waals surface area contributed by atoms with Gasteiger partial charge in [-0.25, -0.2) is 8.42 Å². The van der Waals surface area contributed by atoms with E-state index < -0.39 is 10.0 Å². The lowest BCUT2D eigenvalue weighted by atomic mass is 9.98. The molecule has 7 nitrogen and oxygen atoms in total. The quantitative estimate of drug-likeness (QED) is 0.790. The fourth-order valence-corrected chi connectivity index (χ4v) is 5.62. The standard InChI is InChI=1S/C21H31N3O4S/c1-4-15(2)22-21(26)18-8-5-11-23(14-18)29(27,28)19-9-10-20-17(13-19)7-6-12-24(20)16(3)25/h9-10,13,15,18H,4-8,11-12,14H2,1-3H3,(H,22,26)/t15-,18+/m1/s1. The molecule has 160 valence electrons. The van der Waals surface area contributed by atoms with Gasteiger partial charge >= 0.3 is 0 Å². The van der Waals surface area contributed by atoms with Gasteiger partial charge in [-0.05, 0) is 62.8 Å². The summed E-state index contributed by atoms with van der Waals surface area (Å²) in [6.45, 7) is 6.78. The molecule has 0 saturated carbocycles. The zero-order valence-corrected chi connectivity index (χ0v) is 18.3. The molecule has 2 aliphatic heterocycles. The highest BCUT2D eigenvalue weighted by atomic mass is 32.2. The summed E-state index contributed by atoms with van der Waals surface area (Å²) in [5.41, 5.74) is 1.68. The number of carbonyl (C=O) groups excluding carboxylic acids is 2. The van der Waals surface area contributed by atoms with Crippen LogP contribution in [0.5, 0.6) is 0 Å². The molecular formula is C21H31N3O4S.